The lowest BCUT2D eigenvalue weighted by atomic mass is 9.86. The van der Waals surface area contributed by atoms with E-state index in [-0.39, 0.29) is 5.60 Å². The fourth-order valence-electron chi connectivity index (χ4n) is 2.09. The SMILES string of the molecule is BOC(CCC)(CCC)CCCC. The molecule has 0 atom stereocenters. The Morgan fingerprint density at radius 3 is 1.77 bits per heavy atom. The molecule has 0 saturated heterocycles. The minimum Gasteiger partial charge on any atom is -0.439 e. The number of hydrogen-bond acceptors (Lipinski definition) is 1. The molecule has 0 heterocycles. The lowest BCUT2D eigenvalue weighted by Crippen LogP contribution is -2.31. The van der Waals surface area contributed by atoms with Crippen molar-refractivity contribution in [2.75, 3.05) is 0 Å². The molecule has 0 radical (unpaired) electrons. The van der Waals surface area contributed by atoms with Crippen LogP contribution in [-0.2, 0) is 4.65 Å². The van der Waals surface area contributed by atoms with Crippen LogP contribution in [0.4, 0.5) is 0 Å². The van der Waals surface area contributed by atoms with Crippen LogP contribution in [0, 0.1) is 0 Å². The van der Waals surface area contributed by atoms with Gasteiger partial charge in [0.25, 0.3) is 8.05 Å². The van der Waals surface area contributed by atoms with E-state index in [1.807, 2.05) is 8.05 Å². The first-order valence-corrected chi connectivity index (χ1v) is 5.79. The van der Waals surface area contributed by atoms with Gasteiger partial charge in [-0.2, -0.15) is 0 Å². The summed E-state index contributed by atoms with van der Waals surface area (Å²) in [5.74, 6) is 0. The summed E-state index contributed by atoms with van der Waals surface area (Å²) >= 11 is 0. The summed E-state index contributed by atoms with van der Waals surface area (Å²) in [6.07, 6.45) is 8.72. The Kier molecular flexibility index (Phi) is 7.45. The molecule has 0 bridgehead atoms. The Hall–Kier alpha value is 0.0249. The topological polar surface area (TPSA) is 9.23 Å². The molecule has 0 N–H and O–H groups in total. The monoisotopic (exact) mass is 184 g/mol. The predicted octanol–water partition coefficient (Wildman–Crippen LogP) is 3.08. The van der Waals surface area contributed by atoms with Crippen LogP contribution >= 0.6 is 0 Å². The van der Waals surface area contributed by atoms with Gasteiger partial charge in [-0.3, -0.25) is 0 Å². The van der Waals surface area contributed by atoms with Crippen LogP contribution in [0.15, 0.2) is 0 Å². The maximum Gasteiger partial charge on any atom is 0.258 e. The second-order valence-corrected chi connectivity index (χ2v) is 3.99. The van der Waals surface area contributed by atoms with Crippen LogP contribution < -0.4 is 0 Å². The molecule has 0 amide bonds. The van der Waals surface area contributed by atoms with E-state index in [0.717, 1.165) is 0 Å². The number of hydrogen-bond donors (Lipinski definition) is 0. The maximum atomic E-state index is 5.72. The van der Waals surface area contributed by atoms with Gasteiger partial charge in [-0.1, -0.05) is 46.5 Å². The fourth-order valence-corrected chi connectivity index (χ4v) is 2.09. The Morgan fingerprint density at radius 1 is 0.923 bits per heavy atom. The Morgan fingerprint density at radius 2 is 1.46 bits per heavy atom. The minimum absolute atomic E-state index is 0.194. The molecule has 0 rings (SSSR count). The summed E-state index contributed by atoms with van der Waals surface area (Å²) in [6.45, 7) is 6.74. The lowest BCUT2D eigenvalue weighted by Gasteiger charge is -2.33. The van der Waals surface area contributed by atoms with Crippen LogP contribution in [0.25, 0.3) is 0 Å². The summed E-state index contributed by atoms with van der Waals surface area (Å²) in [6, 6.07) is 0. The normalized spacial score (nSPS) is 11.9. The van der Waals surface area contributed by atoms with Crippen LogP contribution in [0.3, 0.4) is 0 Å². The third-order valence-corrected chi connectivity index (χ3v) is 2.83. The van der Waals surface area contributed by atoms with E-state index in [0.29, 0.717) is 0 Å². The van der Waals surface area contributed by atoms with Gasteiger partial charge in [0.2, 0.25) is 0 Å². The standard InChI is InChI=1S/C11H25BO/c1-4-7-10-11(13-12,8-5-2)9-6-3/h4-10,12H2,1-3H3. The Balaban J connectivity index is 4.07. The molecule has 0 aromatic rings. The highest BCUT2D eigenvalue weighted by Gasteiger charge is 2.25. The van der Waals surface area contributed by atoms with E-state index in [4.69, 9.17) is 4.65 Å². The molecule has 0 aliphatic carbocycles. The van der Waals surface area contributed by atoms with Gasteiger partial charge < -0.3 is 4.65 Å². The molecule has 0 aliphatic heterocycles. The molecule has 0 aromatic heterocycles. The first kappa shape index (κ1) is 13.0. The third kappa shape index (κ3) is 4.71. The van der Waals surface area contributed by atoms with Gasteiger partial charge in [0.05, 0.1) is 5.60 Å². The van der Waals surface area contributed by atoms with Crippen molar-refractivity contribution in [2.24, 2.45) is 0 Å². The Bertz CT molecular complexity index is 109. The maximum absolute atomic E-state index is 5.72. The number of rotatable bonds is 8. The largest absolute Gasteiger partial charge is 0.439 e. The van der Waals surface area contributed by atoms with Gasteiger partial charge in [0.1, 0.15) is 0 Å². The summed E-state index contributed by atoms with van der Waals surface area (Å²) in [5.41, 5.74) is 0.194. The first-order valence-electron chi connectivity index (χ1n) is 5.79. The van der Waals surface area contributed by atoms with Crippen LogP contribution in [0.2, 0.25) is 0 Å². The van der Waals surface area contributed by atoms with Gasteiger partial charge in [-0.05, 0) is 19.3 Å². The molecule has 13 heavy (non-hydrogen) atoms. The van der Waals surface area contributed by atoms with Crippen molar-refractivity contribution in [3.63, 3.8) is 0 Å². The second-order valence-electron chi connectivity index (χ2n) is 3.99. The van der Waals surface area contributed by atoms with Gasteiger partial charge in [-0.15, -0.1) is 0 Å². The summed E-state index contributed by atoms with van der Waals surface area (Å²) in [5, 5.41) is 0. The Labute approximate surface area is 84.7 Å². The molecule has 2 heteroatoms. The molecule has 0 unspecified atom stereocenters. The zero-order valence-electron chi connectivity index (χ0n) is 9.86. The van der Waals surface area contributed by atoms with Crippen LogP contribution in [0.1, 0.15) is 65.7 Å². The molecule has 0 aliphatic rings. The minimum atomic E-state index is 0.194. The van der Waals surface area contributed by atoms with E-state index >= 15 is 0 Å². The van der Waals surface area contributed by atoms with E-state index < -0.39 is 0 Å². The van der Waals surface area contributed by atoms with Crippen molar-refractivity contribution in [1.82, 2.24) is 0 Å². The molecule has 78 valence electrons. The smallest absolute Gasteiger partial charge is 0.258 e. The van der Waals surface area contributed by atoms with Gasteiger partial charge >= 0.3 is 0 Å². The summed E-state index contributed by atoms with van der Waals surface area (Å²) in [7, 11) is 1.88. The van der Waals surface area contributed by atoms with Gasteiger partial charge in [-0.25, -0.2) is 0 Å². The molecule has 1 nitrogen and oxygen atoms in total. The average molecular weight is 184 g/mol. The van der Waals surface area contributed by atoms with E-state index in [1.165, 1.54) is 44.9 Å². The molecular formula is C11H25BO. The van der Waals surface area contributed by atoms with Gasteiger partial charge in [0.15, 0.2) is 0 Å². The zero-order chi connectivity index (χ0) is 10.2. The number of unbranched alkanes of at least 4 members (excludes halogenated alkanes) is 1. The molecule has 0 aromatic carbocycles. The zero-order valence-corrected chi connectivity index (χ0v) is 9.86. The van der Waals surface area contributed by atoms with Crippen molar-refractivity contribution < 1.29 is 4.65 Å². The van der Waals surface area contributed by atoms with Crippen LogP contribution in [0.5, 0.6) is 0 Å². The van der Waals surface area contributed by atoms with E-state index in [1.54, 1.807) is 0 Å². The molecular weight excluding hydrogens is 159 g/mol. The molecule has 0 fully saturated rings. The van der Waals surface area contributed by atoms with Gasteiger partial charge in [0, 0.05) is 0 Å². The highest BCUT2D eigenvalue weighted by molar-refractivity contribution is 5.98. The highest BCUT2D eigenvalue weighted by Crippen LogP contribution is 2.29. The van der Waals surface area contributed by atoms with Crippen LogP contribution in [-0.4, -0.2) is 13.7 Å². The first-order chi connectivity index (χ1) is 6.24. The highest BCUT2D eigenvalue weighted by atomic mass is 16.4. The second kappa shape index (κ2) is 7.43. The van der Waals surface area contributed by atoms with E-state index in [9.17, 15) is 0 Å². The molecule has 0 spiro atoms. The summed E-state index contributed by atoms with van der Waals surface area (Å²) in [4.78, 5) is 0. The van der Waals surface area contributed by atoms with E-state index in [2.05, 4.69) is 20.8 Å². The van der Waals surface area contributed by atoms with Crippen molar-refractivity contribution in [3.8, 4) is 0 Å². The van der Waals surface area contributed by atoms with Crippen molar-refractivity contribution in [2.45, 2.75) is 71.3 Å². The lowest BCUT2D eigenvalue weighted by molar-refractivity contribution is 0.0469. The summed E-state index contributed by atoms with van der Waals surface area (Å²) < 4.78 is 5.72. The predicted molar refractivity (Wildman–Crippen MR) is 61.7 cm³/mol. The van der Waals surface area contributed by atoms with Crippen molar-refractivity contribution in [1.29, 1.82) is 0 Å². The fraction of sp³-hybridized carbons (Fsp3) is 1.00. The average Bonchev–Trinajstić information content (AvgIpc) is 2.15. The third-order valence-electron chi connectivity index (χ3n) is 2.83. The van der Waals surface area contributed by atoms with Crippen molar-refractivity contribution >= 4 is 8.05 Å². The quantitative estimate of drug-likeness (QED) is 0.526. The van der Waals surface area contributed by atoms with Crippen molar-refractivity contribution in [3.05, 3.63) is 0 Å². The molecule has 0 saturated carbocycles.